The number of rotatable bonds is 6. The Kier molecular flexibility index (Phi) is 7.01. The van der Waals surface area contributed by atoms with Crippen molar-refractivity contribution < 1.29 is 9.59 Å². The highest BCUT2D eigenvalue weighted by molar-refractivity contribution is 7.99. The molecule has 2 amide bonds. The number of hydrogen-bond donors (Lipinski definition) is 2. The number of nitrogens with one attached hydrogen (secondary N) is 2. The summed E-state index contributed by atoms with van der Waals surface area (Å²) >= 11 is 3.34. The van der Waals surface area contributed by atoms with Gasteiger partial charge in [0, 0.05) is 48.1 Å². The van der Waals surface area contributed by atoms with Crippen LogP contribution in [0.5, 0.6) is 0 Å². The minimum Gasteiger partial charge on any atom is -0.326 e. The first-order valence-electron chi connectivity index (χ1n) is 10.1. The molecule has 1 fully saturated rings. The number of thiazole rings is 1. The average Bonchev–Trinajstić information content (AvgIpc) is 3.24. The van der Waals surface area contributed by atoms with E-state index >= 15 is 0 Å². The molecule has 2 aromatic carbocycles. The summed E-state index contributed by atoms with van der Waals surface area (Å²) in [6.45, 7) is 3.26. The molecule has 31 heavy (non-hydrogen) atoms. The Morgan fingerprint density at radius 2 is 1.71 bits per heavy atom. The summed E-state index contributed by atoms with van der Waals surface area (Å²) in [7, 11) is 0. The lowest BCUT2D eigenvalue weighted by Gasteiger charge is -2.33. The number of benzene rings is 2. The number of nitrogens with zero attached hydrogens (tertiary/aromatic N) is 2. The molecule has 0 radical (unpaired) electrons. The molecule has 1 atom stereocenters. The van der Waals surface area contributed by atoms with Gasteiger partial charge in [0.15, 0.2) is 5.13 Å². The van der Waals surface area contributed by atoms with Gasteiger partial charge in [-0.1, -0.05) is 42.5 Å². The fourth-order valence-corrected chi connectivity index (χ4v) is 5.22. The number of amides is 2. The topological polar surface area (TPSA) is 74.3 Å². The van der Waals surface area contributed by atoms with Crippen molar-refractivity contribution in [2.24, 2.45) is 0 Å². The fraction of sp³-hybridized carbons (Fsp3) is 0.261. The van der Waals surface area contributed by atoms with Crippen LogP contribution < -0.4 is 10.6 Å². The van der Waals surface area contributed by atoms with E-state index in [-0.39, 0.29) is 17.9 Å². The minimum absolute atomic E-state index is 0.0555. The molecule has 1 aromatic heterocycles. The molecule has 8 heteroatoms. The molecule has 1 saturated heterocycles. The third-order valence-corrected chi connectivity index (χ3v) is 6.71. The lowest BCUT2D eigenvalue weighted by Crippen LogP contribution is -2.41. The maximum Gasteiger partial charge on any atom is 0.248 e. The van der Waals surface area contributed by atoms with Crippen molar-refractivity contribution in [2.75, 3.05) is 35.2 Å². The molecule has 1 unspecified atom stereocenters. The predicted molar refractivity (Wildman–Crippen MR) is 129 cm³/mol. The molecule has 0 spiro atoms. The van der Waals surface area contributed by atoms with Crippen molar-refractivity contribution >= 4 is 45.7 Å². The van der Waals surface area contributed by atoms with Crippen molar-refractivity contribution in [1.82, 2.24) is 9.88 Å². The van der Waals surface area contributed by atoms with Crippen molar-refractivity contribution in [3.63, 3.8) is 0 Å². The van der Waals surface area contributed by atoms with Gasteiger partial charge in [-0.15, -0.1) is 11.3 Å². The summed E-state index contributed by atoms with van der Waals surface area (Å²) in [6.07, 6.45) is 0. The molecule has 6 nitrogen and oxygen atoms in total. The molecule has 3 aromatic rings. The van der Waals surface area contributed by atoms with Crippen LogP contribution >= 0.6 is 23.1 Å². The maximum atomic E-state index is 13.3. The largest absolute Gasteiger partial charge is 0.326 e. The highest BCUT2D eigenvalue weighted by Crippen LogP contribution is 2.29. The Hall–Kier alpha value is -2.68. The second-order valence-corrected chi connectivity index (χ2v) is 9.33. The standard InChI is InChI=1S/C23H24N4O2S2/c1-16(28)24-19-9-7-17(8-10-19)20-15-31-23(25-20)26-22(29)21(18-5-3-2-4-6-18)27-11-13-30-14-12-27/h2-10,15,21H,11-14H2,1H3,(H,24,28)(H,25,26,29). The van der Waals surface area contributed by atoms with E-state index in [0.29, 0.717) is 5.13 Å². The van der Waals surface area contributed by atoms with E-state index in [4.69, 9.17) is 0 Å². The number of anilines is 2. The van der Waals surface area contributed by atoms with Gasteiger partial charge in [-0.25, -0.2) is 4.98 Å². The average molecular weight is 453 g/mol. The van der Waals surface area contributed by atoms with E-state index in [1.807, 2.05) is 71.7 Å². The SMILES string of the molecule is CC(=O)Nc1ccc(-c2csc(NC(=O)C(c3ccccc3)N3CCSCC3)n2)cc1. The Balaban J connectivity index is 1.49. The van der Waals surface area contributed by atoms with Crippen molar-refractivity contribution in [3.05, 3.63) is 65.5 Å². The number of carbonyl (C=O) groups is 2. The van der Waals surface area contributed by atoms with E-state index in [1.54, 1.807) is 0 Å². The van der Waals surface area contributed by atoms with Crippen molar-refractivity contribution in [2.45, 2.75) is 13.0 Å². The lowest BCUT2D eigenvalue weighted by molar-refractivity contribution is -0.121. The highest BCUT2D eigenvalue weighted by atomic mass is 32.2. The van der Waals surface area contributed by atoms with Crippen LogP contribution in [0, 0.1) is 0 Å². The first-order chi connectivity index (χ1) is 15.1. The van der Waals surface area contributed by atoms with Gasteiger partial charge in [-0.2, -0.15) is 11.8 Å². The first-order valence-corrected chi connectivity index (χ1v) is 12.1. The van der Waals surface area contributed by atoms with E-state index in [0.717, 1.165) is 47.1 Å². The second-order valence-electron chi connectivity index (χ2n) is 7.25. The Bertz CT molecular complexity index is 1030. The summed E-state index contributed by atoms with van der Waals surface area (Å²) in [5, 5.41) is 8.29. The second kappa shape index (κ2) is 10.1. The molecule has 2 N–H and O–H groups in total. The molecular weight excluding hydrogens is 428 g/mol. The van der Waals surface area contributed by atoms with Crippen LogP contribution in [0.1, 0.15) is 18.5 Å². The third kappa shape index (κ3) is 5.52. The van der Waals surface area contributed by atoms with Gasteiger partial charge in [0.25, 0.3) is 0 Å². The monoisotopic (exact) mass is 452 g/mol. The highest BCUT2D eigenvalue weighted by Gasteiger charge is 2.29. The number of hydrogen-bond acceptors (Lipinski definition) is 6. The van der Waals surface area contributed by atoms with Gasteiger partial charge >= 0.3 is 0 Å². The zero-order valence-electron chi connectivity index (χ0n) is 17.2. The van der Waals surface area contributed by atoms with Crippen LogP contribution in [0.15, 0.2) is 60.0 Å². The van der Waals surface area contributed by atoms with E-state index in [1.165, 1.54) is 18.3 Å². The quantitative estimate of drug-likeness (QED) is 0.576. The molecule has 0 saturated carbocycles. The Labute approximate surface area is 190 Å². The molecule has 160 valence electrons. The summed E-state index contributed by atoms with van der Waals surface area (Å²) in [6, 6.07) is 17.1. The van der Waals surface area contributed by atoms with Gasteiger partial charge in [-0.3, -0.25) is 14.5 Å². The van der Waals surface area contributed by atoms with E-state index < -0.39 is 0 Å². The van der Waals surface area contributed by atoms with E-state index in [2.05, 4.69) is 20.5 Å². The first kappa shape index (κ1) is 21.5. The summed E-state index contributed by atoms with van der Waals surface area (Å²) in [4.78, 5) is 31.3. The molecule has 0 bridgehead atoms. The van der Waals surface area contributed by atoms with Gasteiger partial charge in [0.05, 0.1) is 5.69 Å². The maximum absolute atomic E-state index is 13.3. The normalized spacial score (nSPS) is 15.3. The fourth-order valence-electron chi connectivity index (χ4n) is 3.56. The number of aromatic nitrogens is 1. The number of thioether (sulfide) groups is 1. The molecular formula is C23H24N4O2S2. The van der Waals surface area contributed by atoms with Crippen molar-refractivity contribution in [3.8, 4) is 11.3 Å². The lowest BCUT2D eigenvalue weighted by atomic mass is 10.0. The van der Waals surface area contributed by atoms with Gasteiger partial charge in [0.2, 0.25) is 11.8 Å². The predicted octanol–water partition coefficient (Wildman–Crippen LogP) is 4.50. The molecule has 4 rings (SSSR count). The zero-order valence-corrected chi connectivity index (χ0v) is 18.8. The molecule has 2 heterocycles. The molecule has 0 aliphatic carbocycles. The third-order valence-electron chi connectivity index (χ3n) is 5.01. The molecule has 1 aliphatic rings. The van der Waals surface area contributed by atoms with Crippen LogP contribution in [-0.4, -0.2) is 46.3 Å². The zero-order chi connectivity index (χ0) is 21.6. The van der Waals surface area contributed by atoms with Crippen LogP contribution in [0.2, 0.25) is 0 Å². The van der Waals surface area contributed by atoms with Gasteiger partial charge in [-0.05, 0) is 17.7 Å². The Morgan fingerprint density at radius 1 is 1.00 bits per heavy atom. The van der Waals surface area contributed by atoms with Crippen LogP contribution in [0.25, 0.3) is 11.3 Å². The van der Waals surface area contributed by atoms with Crippen LogP contribution in [-0.2, 0) is 9.59 Å². The van der Waals surface area contributed by atoms with E-state index in [9.17, 15) is 9.59 Å². The van der Waals surface area contributed by atoms with Gasteiger partial charge in [0.1, 0.15) is 6.04 Å². The number of carbonyl (C=O) groups excluding carboxylic acids is 2. The van der Waals surface area contributed by atoms with Crippen molar-refractivity contribution in [1.29, 1.82) is 0 Å². The van der Waals surface area contributed by atoms with Crippen LogP contribution in [0.4, 0.5) is 10.8 Å². The molecule has 1 aliphatic heterocycles. The smallest absolute Gasteiger partial charge is 0.248 e. The van der Waals surface area contributed by atoms with Gasteiger partial charge < -0.3 is 10.6 Å². The summed E-state index contributed by atoms with van der Waals surface area (Å²) in [5.74, 6) is 1.91. The summed E-state index contributed by atoms with van der Waals surface area (Å²) < 4.78 is 0. The van der Waals surface area contributed by atoms with Crippen LogP contribution in [0.3, 0.4) is 0 Å². The summed E-state index contributed by atoms with van der Waals surface area (Å²) in [5.41, 5.74) is 3.46. The minimum atomic E-state index is -0.327. The Morgan fingerprint density at radius 3 is 2.39 bits per heavy atom.